The molecule has 20 rings (SSSR count). The number of thioether (sulfide) groups is 2. The number of ether oxygens (including phenoxy) is 9. The fourth-order valence-corrected chi connectivity index (χ4v) is 25.6. The van der Waals surface area contributed by atoms with Crippen molar-refractivity contribution < 1.29 is 91.8 Å². The van der Waals surface area contributed by atoms with Crippen LogP contribution < -0.4 is 20.1 Å². The molecule has 27 nitrogen and oxygen atoms in total. The van der Waals surface area contributed by atoms with Gasteiger partial charge in [0.05, 0.1) is 57.1 Å². The molecule has 0 spiro atoms. The number of Topliss-reactive ketones (excluding diaryl/α,β-unsaturated/α-hetero) is 2. The van der Waals surface area contributed by atoms with Crippen LogP contribution in [0.5, 0.6) is 11.5 Å². The van der Waals surface area contributed by atoms with Crippen LogP contribution in [0.4, 0.5) is 9.59 Å². The van der Waals surface area contributed by atoms with Crippen molar-refractivity contribution in [1.29, 1.82) is 10.5 Å². The second-order valence-electron chi connectivity index (χ2n) is 36.0. The van der Waals surface area contributed by atoms with E-state index >= 15 is 0 Å². The number of carbonyl (C=O) groups is 6. The van der Waals surface area contributed by atoms with Crippen molar-refractivity contribution in [3.8, 4) is 45.9 Å². The van der Waals surface area contributed by atoms with Crippen molar-refractivity contribution in [3.05, 3.63) is 293 Å². The number of carbonyl (C=O) groups excluding carboxylic acids is 5. The van der Waals surface area contributed by atoms with E-state index in [-0.39, 0.29) is 123 Å². The van der Waals surface area contributed by atoms with Gasteiger partial charge in [-0.3, -0.25) is 29.2 Å². The van der Waals surface area contributed by atoms with Gasteiger partial charge >= 0.3 is 24.1 Å². The number of nitriles is 2. The van der Waals surface area contributed by atoms with Crippen LogP contribution in [0.1, 0.15) is 128 Å². The Hall–Kier alpha value is -12.3. The fourth-order valence-electron chi connectivity index (χ4n) is 23.2. The molecule has 29 heteroatoms. The molecule has 8 aromatic carbocycles. The number of aliphatic hydroxyl groups is 3. The number of benzene rings is 8. The van der Waals surface area contributed by atoms with E-state index in [1.165, 1.54) is 68.0 Å². The number of alkyl carbamates (subject to hydrolysis) is 2. The Kier molecular flexibility index (Phi) is 25.6. The van der Waals surface area contributed by atoms with Gasteiger partial charge in [-0.2, -0.15) is 34.0 Å². The molecule has 4 aliphatic carbocycles. The maximum absolute atomic E-state index is 14.7. The normalized spacial score (nSPS) is 25.3. The summed E-state index contributed by atoms with van der Waals surface area (Å²) in [7, 11) is 7.32. The van der Waals surface area contributed by atoms with E-state index in [1.807, 2.05) is 161 Å². The summed E-state index contributed by atoms with van der Waals surface area (Å²) < 4.78 is 52.0. The number of ketones is 2. The van der Waals surface area contributed by atoms with E-state index in [1.54, 1.807) is 28.1 Å². The molecule has 8 heterocycles. The number of hydrogen-bond acceptors (Lipinski definition) is 26. The number of nitrogens with one attached hydrogen (secondary N) is 2. The molecule has 4 bridgehead atoms. The molecule has 12 aliphatic rings. The van der Waals surface area contributed by atoms with Crippen LogP contribution in [0.2, 0.25) is 0 Å². The molecule has 6 unspecified atom stereocenters. The lowest BCUT2D eigenvalue weighted by Crippen LogP contribution is -2.74. The van der Waals surface area contributed by atoms with E-state index in [0.717, 1.165) is 72.9 Å². The molecular weight excluding hydrogens is 1730 g/mol. The number of hydrogen-bond donors (Lipinski definition) is 6. The topological polar surface area (TPSA) is 351 Å². The molecular formula is C104H106N8O19S2. The summed E-state index contributed by atoms with van der Waals surface area (Å²) in [5.41, 5.74) is 16.9. The Balaban J connectivity index is 0.000000148. The summed E-state index contributed by atoms with van der Waals surface area (Å²) in [6.45, 7) is 10.5. The van der Waals surface area contributed by atoms with Gasteiger partial charge in [-0.05, 0) is 169 Å². The van der Waals surface area contributed by atoms with Gasteiger partial charge in [-0.1, -0.05) is 170 Å². The van der Waals surface area contributed by atoms with Crippen LogP contribution in [-0.4, -0.2) is 225 Å². The number of piperidine rings is 2. The Morgan fingerprint density at radius 2 is 0.880 bits per heavy atom. The summed E-state index contributed by atoms with van der Waals surface area (Å²) in [6.07, 6.45) is -0.263. The number of likely N-dealkylation sites (N-methyl/N-ethyl adjacent to an activating group) is 2. The monoisotopic (exact) mass is 1830 g/mol. The zero-order chi connectivity index (χ0) is 93.3. The number of amides is 2. The number of esters is 1. The molecule has 14 atom stereocenters. The number of nitrogens with zero attached hydrogens (tertiary/aromatic N) is 6. The quantitative estimate of drug-likeness (QED) is 0.0287. The highest BCUT2D eigenvalue weighted by molar-refractivity contribution is 7.99. The van der Waals surface area contributed by atoms with Crippen LogP contribution in [-0.2, 0) is 78.4 Å². The highest BCUT2D eigenvalue weighted by atomic mass is 32.2. The van der Waals surface area contributed by atoms with Gasteiger partial charge in [0.25, 0.3) is 0 Å². The fraction of sp³-hybridized carbons (Fsp3) is 0.385. The van der Waals surface area contributed by atoms with E-state index in [9.17, 15) is 59.7 Å². The molecule has 0 aromatic heterocycles. The number of carboxylic acids is 1. The third-order valence-electron chi connectivity index (χ3n) is 28.9. The summed E-state index contributed by atoms with van der Waals surface area (Å²) in [6, 6.07) is 54.0. The molecule has 2 amide bonds. The Morgan fingerprint density at radius 3 is 1.27 bits per heavy atom. The smallest absolute Gasteiger partial charge is 0.408 e. The minimum Gasteiger partial charge on any atom is -0.496 e. The molecule has 0 saturated carbocycles. The van der Waals surface area contributed by atoms with Crippen LogP contribution in [0.25, 0.3) is 22.3 Å². The maximum atomic E-state index is 14.7. The number of methoxy groups -OCH3 is 2. The first-order valence-corrected chi connectivity index (χ1v) is 47.1. The third-order valence-corrected chi connectivity index (χ3v) is 31.2. The third kappa shape index (κ3) is 15.9. The van der Waals surface area contributed by atoms with Gasteiger partial charge in [-0.25, -0.2) is 19.2 Å². The van der Waals surface area contributed by atoms with Gasteiger partial charge in [0.2, 0.25) is 13.6 Å². The van der Waals surface area contributed by atoms with E-state index in [4.69, 9.17) is 42.6 Å². The van der Waals surface area contributed by atoms with Crippen LogP contribution in [0.15, 0.2) is 215 Å². The molecule has 6 saturated heterocycles. The number of aryl methyl sites for hydroxylation is 2. The first kappa shape index (κ1) is 91.2. The van der Waals surface area contributed by atoms with Gasteiger partial charge in [0.15, 0.2) is 45.8 Å². The molecule has 133 heavy (non-hydrogen) atoms. The average molecular weight is 1840 g/mol. The number of piperazine rings is 2. The number of aliphatic carboxylic acids is 1. The molecule has 8 aliphatic heterocycles. The molecule has 688 valence electrons. The van der Waals surface area contributed by atoms with Crippen molar-refractivity contribution in [2.45, 2.75) is 176 Å². The number of rotatable bonds is 21. The highest BCUT2D eigenvalue weighted by Gasteiger charge is 2.67. The standard InChI is InChI=1S/C52H52N4O9S.C27H31N3O6.C25H23NO4S/c1-28-19-32-20-39-41(22-53)56-40(45(55(39)4)43(32)29(2)46(28)61-5)21-52(60)44(48-47(64-27-65-48)30(3)49(52)57)42(56)24-62-50(58)38(54-51(59)63-23-31-13-7-6-8-14-31)26-66-25-37-35-17-11-9-15-33(35)34-16-10-12-18-36(34)37;1-12-6-15-7-16-18(9-28)30-17(22(29(16)4)20(15)13(2)23(12)34-5)8-27(33)21(19(30)10-31)25-24(35-11-36-25)14(3)26(27)32;27-24(28)23(26-25(29)30-14-17-8-2-1-3-9-17)16-31-15-22-20-12-6-4-10-18(20)19-11-5-7-13-21(19)22/h6-19,37-42,45,60H,20-21,23-27H2,1-5H3,(H,54,59);6,16-19,22,31,33H,7-8,10-11H2,1-5H3;1-13,22-23H,14-16H2,(H,26,29)(H,27,28)/t38?,39-,40?,41-,42-,45-,52?;16-,17?,18-,19-,22-,27?;/m00./s1. The second-order valence-corrected chi connectivity index (χ2v) is 38.2. The summed E-state index contributed by atoms with van der Waals surface area (Å²) in [4.78, 5) is 88.5. The zero-order valence-corrected chi connectivity index (χ0v) is 77.2. The first-order valence-electron chi connectivity index (χ1n) is 44.8. The van der Waals surface area contributed by atoms with E-state index in [0.29, 0.717) is 41.3 Å². The van der Waals surface area contributed by atoms with Crippen LogP contribution in [0, 0.1) is 50.4 Å². The lowest BCUT2D eigenvalue weighted by atomic mass is 9.64. The predicted octanol–water partition coefficient (Wildman–Crippen LogP) is 13.1. The lowest BCUT2D eigenvalue weighted by Gasteiger charge is -2.62. The van der Waals surface area contributed by atoms with E-state index in [2.05, 4.69) is 93.2 Å². The number of fused-ring (bicyclic) bond motifs is 22. The summed E-state index contributed by atoms with van der Waals surface area (Å²) in [5, 5.41) is 72.1. The molecule has 6 fully saturated rings. The summed E-state index contributed by atoms with van der Waals surface area (Å²) in [5.74, 6) is 1.93. The van der Waals surface area contributed by atoms with Crippen LogP contribution >= 0.6 is 23.5 Å². The van der Waals surface area contributed by atoms with Crippen molar-refractivity contribution >= 4 is 59.2 Å². The van der Waals surface area contributed by atoms with Crippen molar-refractivity contribution in [1.82, 2.24) is 30.2 Å². The zero-order valence-electron chi connectivity index (χ0n) is 75.6. The molecule has 6 N–H and O–H groups in total. The lowest BCUT2D eigenvalue weighted by molar-refractivity contribution is -0.159. The van der Waals surface area contributed by atoms with Gasteiger partial charge in [0.1, 0.15) is 55.5 Å². The van der Waals surface area contributed by atoms with Gasteiger partial charge in [-0.15, -0.1) is 0 Å². The Morgan fingerprint density at radius 1 is 0.511 bits per heavy atom. The van der Waals surface area contributed by atoms with Gasteiger partial charge < -0.3 is 73.7 Å². The number of aliphatic hydroxyl groups excluding tert-OH is 1. The van der Waals surface area contributed by atoms with Crippen molar-refractivity contribution in [2.24, 2.45) is 0 Å². The van der Waals surface area contributed by atoms with Crippen molar-refractivity contribution in [2.75, 3.05) is 78.1 Å². The minimum atomic E-state index is -2.08. The van der Waals surface area contributed by atoms with Gasteiger partial charge in [0, 0.05) is 94.1 Å². The maximum Gasteiger partial charge on any atom is 0.408 e. The SMILES string of the molecule is COc1c(C)cc2c(c1C)[C@@H]1C3CC4(O)C(=O)C(C)=C5OCOC5=C4[C@H](CO)N3[C@@H](C#N)[C@H](C2)N1C.COc1c(C)cc2c(c1C)[C@@H]1C3CC4(O)C(=O)C(C)=C5OCOC5=C4[C@H](COC(=O)C(CSCC4c5ccccc5-c5ccccc54)NC(=O)OCc4ccccc4)N3[C@@H](C#N)[C@H](C2)N1C.O=C(NC(CSCC1c2ccccc2-c2ccccc21)C(=O)O)OCc1ccccc1. The Bertz CT molecular complexity index is 6140. The minimum absolute atomic E-state index is 0.00307. The number of carboxylic acid groups (broad SMARTS) is 1. The van der Waals surface area contributed by atoms with Crippen molar-refractivity contribution in [3.63, 3.8) is 0 Å². The Labute approximate surface area is 780 Å². The average Bonchev–Trinajstić information content (AvgIpc) is 1.51. The predicted molar refractivity (Wildman–Crippen MR) is 496 cm³/mol. The van der Waals surface area contributed by atoms with E-state index < -0.39 is 95.2 Å². The molecule has 8 aromatic rings. The second kappa shape index (κ2) is 37.3. The largest absolute Gasteiger partial charge is 0.496 e. The first-order chi connectivity index (χ1) is 64.3. The highest BCUT2D eigenvalue weighted by Crippen LogP contribution is 2.59. The summed E-state index contributed by atoms with van der Waals surface area (Å²) >= 11 is 3.04. The molecule has 0 radical (unpaired) electrons. The van der Waals surface area contributed by atoms with Crippen LogP contribution in [0.3, 0.4) is 0 Å².